The molecule has 5 nitrogen and oxygen atoms in total. The van der Waals surface area contributed by atoms with Gasteiger partial charge in [-0.2, -0.15) is 0 Å². The summed E-state index contributed by atoms with van der Waals surface area (Å²) < 4.78 is 5.77. The average Bonchev–Trinajstić information content (AvgIpc) is 2.90. The van der Waals surface area contributed by atoms with Gasteiger partial charge < -0.3 is 14.7 Å². The Morgan fingerprint density at radius 2 is 1.84 bits per heavy atom. The van der Waals surface area contributed by atoms with Gasteiger partial charge in [-0.1, -0.05) is 42.5 Å². The lowest BCUT2D eigenvalue weighted by Gasteiger charge is -2.23. The van der Waals surface area contributed by atoms with Gasteiger partial charge in [-0.3, -0.25) is 9.59 Å². The predicted molar refractivity (Wildman–Crippen MR) is 93.4 cm³/mol. The molecule has 3 rings (SSSR count). The summed E-state index contributed by atoms with van der Waals surface area (Å²) in [6.45, 7) is 2.58. The summed E-state index contributed by atoms with van der Waals surface area (Å²) in [5.41, 5.74) is 1.30. The molecule has 1 aliphatic heterocycles. The summed E-state index contributed by atoms with van der Waals surface area (Å²) in [6.07, 6.45) is 0.614. The van der Waals surface area contributed by atoms with Crippen LogP contribution in [0.3, 0.4) is 0 Å². The summed E-state index contributed by atoms with van der Waals surface area (Å²) in [5.74, 6) is -0.376. The number of nitrogens with zero attached hydrogens (tertiary/aromatic N) is 1. The average molecular weight is 339 g/mol. The molecule has 0 radical (unpaired) electrons. The number of hydrogen-bond acceptors (Lipinski definition) is 3. The standard InChI is InChI=1S/C20H21NO4/c1-20(11-12-21(19(20)24)13-18(22)23)16-7-9-17(10-8-16)25-14-15-5-3-2-4-6-15/h2-10H,11-14H2,1H3,(H,22,23). The first kappa shape index (κ1) is 17.0. The van der Waals surface area contributed by atoms with Crippen LogP contribution in [0.5, 0.6) is 5.75 Å². The summed E-state index contributed by atoms with van der Waals surface area (Å²) in [4.78, 5) is 24.9. The maximum absolute atomic E-state index is 12.6. The van der Waals surface area contributed by atoms with E-state index >= 15 is 0 Å². The minimum absolute atomic E-state index is 0.132. The van der Waals surface area contributed by atoms with Crippen LogP contribution in [-0.4, -0.2) is 35.0 Å². The van der Waals surface area contributed by atoms with Crippen molar-refractivity contribution in [2.45, 2.75) is 25.4 Å². The molecule has 5 heteroatoms. The highest BCUT2D eigenvalue weighted by Crippen LogP contribution is 2.36. The zero-order valence-electron chi connectivity index (χ0n) is 14.1. The van der Waals surface area contributed by atoms with Crippen molar-refractivity contribution in [2.24, 2.45) is 0 Å². The Morgan fingerprint density at radius 3 is 2.48 bits per heavy atom. The maximum Gasteiger partial charge on any atom is 0.323 e. The van der Waals surface area contributed by atoms with Crippen molar-refractivity contribution in [1.82, 2.24) is 4.90 Å². The van der Waals surface area contributed by atoms with Crippen LogP contribution < -0.4 is 4.74 Å². The van der Waals surface area contributed by atoms with Crippen molar-refractivity contribution in [3.63, 3.8) is 0 Å². The molecule has 25 heavy (non-hydrogen) atoms. The summed E-state index contributed by atoms with van der Waals surface area (Å²) >= 11 is 0. The van der Waals surface area contributed by atoms with Gasteiger partial charge in [-0.15, -0.1) is 0 Å². The fourth-order valence-corrected chi connectivity index (χ4v) is 3.16. The Balaban J connectivity index is 1.67. The zero-order chi connectivity index (χ0) is 17.9. The second kappa shape index (κ2) is 6.97. The van der Waals surface area contributed by atoms with E-state index in [0.29, 0.717) is 19.6 Å². The number of benzene rings is 2. The van der Waals surface area contributed by atoms with Gasteiger partial charge in [0.05, 0.1) is 5.41 Å². The largest absolute Gasteiger partial charge is 0.489 e. The fraction of sp³-hybridized carbons (Fsp3) is 0.300. The molecule has 0 bridgehead atoms. The number of hydrogen-bond donors (Lipinski definition) is 1. The SMILES string of the molecule is CC1(c2ccc(OCc3ccccc3)cc2)CCN(CC(=O)O)C1=O. The Hall–Kier alpha value is -2.82. The lowest BCUT2D eigenvalue weighted by atomic mass is 9.81. The van der Waals surface area contributed by atoms with Crippen LogP contribution in [-0.2, 0) is 21.6 Å². The third-order valence-corrected chi connectivity index (χ3v) is 4.71. The second-order valence-corrected chi connectivity index (χ2v) is 6.50. The lowest BCUT2D eigenvalue weighted by molar-refractivity contribution is -0.144. The normalized spacial score (nSPS) is 19.9. The van der Waals surface area contributed by atoms with Gasteiger partial charge in [0.2, 0.25) is 5.91 Å². The van der Waals surface area contributed by atoms with Gasteiger partial charge in [0.1, 0.15) is 18.9 Å². The van der Waals surface area contributed by atoms with Gasteiger partial charge in [0, 0.05) is 6.54 Å². The molecule has 2 aromatic rings. The van der Waals surface area contributed by atoms with Crippen molar-refractivity contribution in [3.8, 4) is 5.75 Å². The van der Waals surface area contributed by atoms with Gasteiger partial charge >= 0.3 is 5.97 Å². The molecule has 1 heterocycles. The Kier molecular flexibility index (Phi) is 4.74. The van der Waals surface area contributed by atoms with Gasteiger partial charge in [0.25, 0.3) is 0 Å². The van der Waals surface area contributed by atoms with Crippen molar-refractivity contribution < 1.29 is 19.4 Å². The number of carboxylic acid groups (broad SMARTS) is 1. The molecule has 1 unspecified atom stereocenters. The number of amides is 1. The first-order valence-corrected chi connectivity index (χ1v) is 8.27. The molecule has 1 N–H and O–H groups in total. The van der Waals surface area contributed by atoms with Crippen LogP contribution in [0.15, 0.2) is 54.6 Å². The third-order valence-electron chi connectivity index (χ3n) is 4.71. The molecule has 0 aliphatic carbocycles. The molecule has 1 saturated heterocycles. The molecular formula is C20H21NO4. The Labute approximate surface area is 146 Å². The molecule has 0 aromatic heterocycles. The van der Waals surface area contributed by atoms with Crippen LogP contribution >= 0.6 is 0 Å². The van der Waals surface area contributed by atoms with E-state index in [-0.39, 0.29) is 12.5 Å². The van der Waals surface area contributed by atoms with E-state index < -0.39 is 11.4 Å². The Bertz CT molecular complexity index is 757. The van der Waals surface area contributed by atoms with Gasteiger partial charge in [0.15, 0.2) is 0 Å². The third kappa shape index (κ3) is 3.65. The molecule has 1 fully saturated rings. The number of rotatable bonds is 6. The number of aliphatic carboxylic acids is 1. The molecule has 1 atom stereocenters. The fourth-order valence-electron chi connectivity index (χ4n) is 3.16. The van der Waals surface area contributed by atoms with Crippen molar-refractivity contribution in [1.29, 1.82) is 0 Å². The Morgan fingerprint density at radius 1 is 1.16 bits per heavy atom. The molecule has 0 spiro atoms. The van der Waals surface area contributed by atoms with Crippen LogP contribution in [0.4, 0.5) is 0 Å². The zero-order valence-corrected chi connectivity index (χ0v) is 14.1. The highest BCUT2D eigenvalue weighted by atomic mass is 16.5. The number of likely N-dealkylation sites (tertiary alicyclic amines) is 1. The summed E-state index contributed by atoms with van der Waals surface area (Å²) in [7, 11) is 0. The topological polar surface area (TPSA) is 66.8 Å². The van der Waals surface area contributed by atoms with E-state index in [9.17, 15) is 9.59 Å². The van der Waals surface area contributed by atoms with E-state index in [2.05, 4.69) is 0 Å². The number of carbonyl (C=O) groups is 2. The molecule has 0 saturated carbocycles. The number of ether oxygens (including phenoxy) is 1. The van der Waals surface area contributed by atoms with Gasteiger partial charge in [-0.25, -0.2) is 0 Å². The van der Waals surface area contributed by atoms with E-state index in [0.717, 1.165) is 16.9 Å². The smallest absolute Gasteiger partial charge is 0.323 e. The first-order chi connectivity index (χ1) is 12.0. The quantitative estimate of drug-likeness (QED) is 0.879. The first-order valence-electron chi connectivity index (χ1n) is 8.27. The molecule has 130 valence electrons. The van der Waals surface area contributed by atoms with E-state index in [4.69, 9.17) is 9.84 Å². The molecule has 1 aliphatic rings. The minimum Gasteiger partial charge on any atom is -0.489 e. The van der Waals surface area contributed by atoms with Crippen LogP contribution in [0.2, 0.25) is 0 Å². The maximum atomic E-state index is 12.6. The van der Waals surface area contributed by atoms with Crippen molar-refractivity contribution in [3.05, 3.63) is 65.7 Å². The molecular weight excluding hydrogens is 318 g/mol. The van der Waals surface area contributed by atoms with Crippen LogP contribution in [0.25, 0.3) is 0 Å². The predicted octanol–water partition coefficient (Wildman–Crippen LogP) is 2.84. The number of carbonyl (C=O) groups excluding carboxylic acids is 1. The monoisotopic (exact) mass is 339 g/mol. The number of carboxylic acids is 1. The summed E-state index contributed by atoms with van der Waals surface area (Å²) in [6, 6.07) is 17.4. The van der Waals surface area contributed by atoms with E-state index in [1.807, 2.05) is 61.5 Å². The van der Waals surface area contributed by atoms with Crippen LogP contribution in [0.1, 0.15) is 24.5 Å². The lowest BCUT2D eigenvalue weighted by Crippen LogP contribution is -2.38. The highest BCUT2D eigenvalue weighted by Gasteiger charge is 2.44. The van der Waals surface area contributed by atoms with Crippen molar-refractivity contribution >= 4 is 11.9 Å². The minimum atomic E-state index is -0.984. The summed E-state index contributed by atoms with van der Waals surface area (Å²) in [5, 5.41) is 8.91. The van der Waals surface area contributed by atoms with E-state index in [1.165, 1.54) is 4.90 Å². The van der Waals surface area contributed by atoms with Gasteiger partial charge in [-0.05, 0) is 36.6 Å². The van der Waals surface area contributed by atoms with Crippen LogP contribution in [0, 0.1) is 0 Å². The molecule has 2 aromatic carbocycles. The second-order valence-electron chi connectivity index (χ2n) is 6.50. The van der Waals surface area contributed by atoms with E-state index in [1.54, 1.807) is 0 Å². The van der Waals surface area contributed by atoms with Crippen molar-refractivity contribution in [2.75, 3.05) is 13.1 Å². The highest BCUT2D eigenvalue weighted by molar-refractivity contribution is 5.92. The molecule has 1 amide bonds.